The summed E-state index contributed by atoms with van der Waals surface area (Å²) >= 11 is 0. The van der Waals surface area contributed by atoms with Crippen LogP contribution in [0.25, 0.3) is 32.0 Å². The first-order chi connectivity index (χ1) is 18.5. The average molecular weight is 512 g/mol. The van der Waals surface area contributed by atoms with Crippen LogP contribution in [-0.4, -0.2) is 52.2 Å². The lowest BCUT2D eigenvalue weighted by atomic mass is 10.0. The van der Waals surface area contributed by atoms with E-state index in [0.29, 0.717) is 62.0 Å². The quantitative estimate of drug-likeness (QED) is 0.0687. The van der Waals surface area contributed by atoms with Crippen LogP contribution < -0.4 is 0 Å². The van der Waals surface area contributed by atoms with Gasteiger partial charge in [0.25, 0.3) is 0 Å². The smallest absolute Gasteiger partial charge is 0.187 e. The number of hydrogen-bond acceptors (Lipinski definition) is 5. The molecule has 9 heteroatoms. The third-order valence-electron chi connectivity index (χ3n) is 7.15. The van der Waals surface area contributed by atoms with Gasteiger partial charge in [-0.25, -0.2) is 4.85 Å². The number of aryl methyl sites for hydroxylation is 1. The van der Waals surface area contributed by atoms with Crippen molar-refractivity contribution >= 4 is 28.3 Å². The molecule has 0 saturated carbocycles. The van der Waals surface area contributed by atoms with Gasteiger partial charge in [-0.2, -0.15) is 0 Å². The van der Waals surface area contributed by atoms with E-state index in [1.54, 1.807) is 18.3 Å². The molecule has 2 aromatic heterocycles. The Kier molecular flexibility index (Phi) is 9.26. The highest BCUT2D eigenvalue weighted by Gasteiger charge is 2.24. The van der Waals surface area contributed by atoms with E-state index >= 15 is 0 Å². The Morgan fingerprint density at radius 1 is 1.11 bits per heavy atom. The van der Waals surface area contributed by atoms with Crippen molar-refractivity contribution in [3.63, 3.8) is 0 Å². The molecule has 0 unspecified atom stereocenters. The van der Waals surface area contributed by atoms with E-state index in [9.17, 15) is 9.59 Å². The summed E-state index contributed by atoms with van der Waals surface area (Å²) in [5.74, 6) is 0.242. The Morgan fingerprint density at radius 2 is 1.87 bits per heavy atom. The largest absolute Gasteiger partial charge is 0.312 e. The first-order valence-electron chi connectivity index (χ1n) is 13.3. The number of benzene rings is 1. The van der Waals surface area contributed by atoms with Crippen LogP contribution in [0.2, 0.25) is 0 Å². The van der Waals surface area contributed by atoms with E-state index in [4.69, 9.17) is 17.1 Å². The van der Waals surface area contributed by atoms with Gasteiger partial charge >= 0.3 is 0 Å². The minimum Gasteiger partial charge on any atom is -0.312 e. The summed E-state index contributed by atoms with van der Waals surface area (Å²) in [5.41, 5.74) is 13.7. The fourth-order valence-corrected chi connectivity index (χ4v) is 5.16. The Hall–Kier alpha value is -3.99. The summed E-state index contributed by atoms with van der Waals surface area (Å²) in [6.07, 6.45) is 8.09. The van der Waals surface area contributed by atoms with E-state index in [-0.39, 0.29) is 11.6 Å². The molecule has 0 N–H and O–H groups in total. The number of carbonyl (C=O) groups is 2. The first kappa shape index (κ1) is 27.1. The number of hydrogen-bond donors (Lipinski definition) is 0. The van der Waals surface area contributed by atoms with Crippen LogP contribution in [-0.2, 0) is 11.2 Å². The number of pyridine rings is 1. The van der Waals surface area contributed by atoms with Gasteiger partial charge < -0.3 is 4.57 Å². The predicted molar refractivity (Wildman–Crippen MR) is 148 cm³/mol. The summed E-state index contributed by atoms with van der Waals surface area (Å²) in [6, 6.07) is 9.38. The average Bonchev–Trinajstić information content (AvgIpc) is 3.23. The minimum atomic E-state index is 0.0714. The van der Waals surface area contributed by atoms with Crippen molar-refractivity contribution in [2.24, 2.45) is 5.11 Å². The molecule has 9 nitrogen and oxygen atoms in total. The molecule has 1 aliphatic rings. The van der Waals surface area contributed by atoms with Crippen molar-refractivity contribution in [2.45, 2.75) is 58.3 Å². The molecule has 1 fully saturated rings. The van der Waals surface area contributed by atoms with Crippen LogP contribution >= 0.6 is 0 Å². The lowest BCUT2D eigenvalue weighted by Gasteiger charge is -2.25. The maximum absolute atomic E-state index is 13.6. The van der Waals surface area contributed by atoms with Crippen LogP contribution in [0.15, 0.2) is 41.6 Å². The van der Waals surface area contributed by atoms with Gasteiger partial charge in [-0.3, -0.25) is 19.5 Å². The number of Topliss-reactive ketones (excluding diaryl/α,β-unsaturated/α-hetero) is 2. The summed E-state index contributed by atoms with van der Waals surface area (Å²) < 4.78 is 2.04. The second-order valence-corrected chi connectivity index (χ2v) is 9.85. The van der Waals surface area contributed by atoms with Crippen molar-refractivity contribution in [3.8, 4) is 5.69 Å². The zero-order chi connectivity index (χ0) is 26.9. The van der Waals surface area contributed by atoms with E-state index in [0.717, 1.165) is 48.4 Å². The third kappa shape index (κ3) is 6.46. The molecule has 0 aliphatic carbocycles. The minimum absolute atomic E-state index is 0.0714. The topological polar surface area (TPSA) is 108 Å². The van der Waals surface area contributed by atoms with Gasteiger partial charge in [0.2, 0.25) is 0 Å². The molecule has 4 rings (SSSR count). The molecule has 0 bridgehead atoms. The normalized spacial score (nSPS) is 13.7. The number of fused-ring (bicyclic) bond motifs is 1. The molecule has 3 heterocycles. The van der Waals surface area contributed by atoms with E-state index < -0.39 is 0 Å². The summed E-state index contributed by atoms with van der Waals surface area (Å²) in [6.45, 7) is 11.9. The molecule has 0 atom stereocenters. The van der Waals surface area contributed by atoms with Crippen molar-refractivity contribution in [3.05, 3.63) is 75.2 Å². The molecule has 0 radical (unpaired) electrons. The van der Waals surface area contributed by atoms with Gasteiger partial charge in [0.1, 0.15) is 5.78 Å². The van der Waals surface area contributed by atoms with Gasteiger partial charge in [0.05, 0.1) is 29.7 Å². The lowest BCUT2D eigenvalue weighted by Crippen LogP contribution is -2.34. The monoisotopic (exact) mass is 511 g/mol. The first-order valence-corrected chi connectivity index (χ1v) is 13.3. The molecular weight excluding hydrogens is 478 g/mol. The molecule has 1 aromatic carbocycles. The zero-order valence-corrected chi connectivity index (χ0v) is 21.9. The van der Waals surface area contributed by atoms with Gasteiger partial charge in [-0.1, -0.05) is 23.7 Å². The molecule has 196 valence electrons. The van der Waals surface area contributed by atoms with Crippen molar-refractivity contribution in [1.29, 1.82) is 0 Å². The second kappa shape index (κ2) is 13.0. The number of azide groups is 1. The van der Waals surface area contributed by atoms with Crippen LogP contribution in [0.3, 0.4) is 0 Å². The highest BCUT2D eigenvalue weighted by Crippen LogP contribution is 2.30. The molecular formula is C29H33N7O2. The van der Waals surface area contributed by atoms with Gasteiger partial charge in [-0.05, 0) is 81.4 Å². The Balaban J connectivity index is 1.61. The number of rotatable bonds is 12. The Labute approximate surface area is 222 Å². The van der Waals surface area contributed by atoms with E-state index in [1.165, 1.54) is 6.42 Å². The molecule has 0 spiro atoms. The van der Waals surface area contributed by atoms with Gasteiger partial charge in [0, 0.05) is 41.9 Å². The SMILES string of the molecule is [C-]#[N+]c1ccc(-n2c(C)c(C(=O)CN3CCCCC3)c3ncc(CCC(=O)CCCCN=[N+]=[N-])cc32)cc1. The van der Waals surface area contributed by atoms with Crippen molar-refractivity contribution < 1.29 is 9.59 Å². The molecule has 3 aromatic rings. The summed E-state index contributed by atoms with van der Waals surface area (Å²) in [5, 5.41) is 3.51. The van der Waals surface area contributed by atoms with Gasteiger partial charge in [-0.15, -0.1) is 0 Å². The number of likely N-dealkylation sites (tertiary alicyclic amines) is 1. The number of carbonyl (C=O) groups excluding carboxylic acids is 2. The van der Waals surface area contributed by atoms with Crippen molar-refractivity contribution in [1.82, 2.24) is 14.5 Å². The van der Waals surface area contributed by atoms with Crippen LogP contribution in [0, 0.1) is 13.5 Å². The highest BCUT2D eigenvalue weighted by atomic mass is 16.1. The summed E-state index contributed by atoms with van der Waals surface area (Å²) in [7, 11) is 0. The Morgan fingerprint density at radius 3 is 2.58 bits per heavy atom. The standard InChI is InChI=1S/C29H33N7O2/c1-21-28(27(38)20-35-16-6-3-7-17-35)29-26(36(21)24-12-10-23(31-2)11-13-24)18-22(19-32-29)9-14-25(37)8-4-5-15-33-34-30/h10-13,18-19H,3-9,14-17,20H2,1H3. The van der Waals surface area contributed by atoms with Crippen LogP contribution in [0.4, 0.5) is 5.69 Å². The number of unbranched alkanes of at least 4 members (excludes halogenated alkanes) is 1. The second-order valence-electron chi connectivity index (χ2n) is 9.85. The van der Waals surface area contributed by atoms with Gasteiger partial charge in [0.15, 0.2) is 11.5 Å². The molecule has 1 aliphatic heterocycles. The molecule has 1 saturated heterocycles. The van der Waals surface area contributed by atoms with Crippen molar-refractivity contribution in [2.75, 3.05) is 26.2 Å². The van der Waals surface area contributed by atoms with E-state index in [2.05, 4.69) is 19.8 Å². The van der Waals surface area contributed by atoms with Crippen LogP contribution in [0.1, 0.15) is 66.6 Å². The van der Waals surface area contributed by atoms with Crippen LogP contribution in [0.5, 0.6) is 0 Å². The summed E-state index contributed by atoms with van der Waals surface area (Å²) in [4.78, 5) is 39.1. The molecule has 0 amide bonds. The lowest BCUT2D eigenvalue weighted by molar-refractivity contribution is -0.119. The highest BCUT2D eigenvalue weighted by molar-refractivity contribution is 6.09. The third-order valence-corrected chi connectivity index (χ3v) is 7.15. The number of aromatic nitrogens is 2. The number of nitrogens with zero attached hydrogens (tertiary/aromatic N) is 7. The van der Waals surface area contributed by atoms with E-state index in [1.807, 2.05) is 29.7 Å². The maximum Gasteiger partial charge on any atom is 0.187 e. The molecule has 38 heavy (non-hydrogen) atoms. The zero-order valence-electron chi connectivity index (χ0n) is 21.9. The fraction of sp³-hybridized carbons (Fsp3) is 0.448. The fourth-order valence-electron chi connectivity index (χ4n) is 5.16. The maximum atomic E-state index is 13.6. The number of piperidine rings is 1. The number of ketones is 2. The predicted octanol–water partition coefficient (Wildman–Crippen LogP) is 6.54. The Bertz CT molecular complexity index is 1390.